The van der Waals surface area contributed by atoms with Gasteiger partial charge >= 0.3 is 0 Å². The summed E-state index contributed by atoms with van der Waals surface area (Å²) in [5, 5.41) is 8.44. The first kappa shape index (κ1) is 9.78. The average Bonchev–Trinajstić information content (AvgIpc) is 2.73. The third-order valence-corrected chi connectivity index (χ3v) is 3.37. The van der Waals surface area contributed by atoms with Crippen LogP contribution in [0.4, 0.5) is 0 Å². The SMILES string of the molecule is Cc1noc2c(C3CCNCC3)cncc12. The summed E-state index contributed by atoms with van der Waals surface area (Å²) in [5.74, 6) is 0.560. The largest absolute Gasteiger partial charge is 0.356 e. The van der Waals surface area contributed by atoms with Crippen LogP contribution in [0.15, 0.2) is 16.9 Å². The quantitative estimate of drug-likeness (QED) is 0.793. The molecular weight excluding hydrogens is 202 g/mol. The fourth-order valence-electron chi connectivity index (χ4n) is 2.41. The Labute approximate surface area is 94.0 Å². The van der Waals surface area contributed by atoms with E-state index in [0.29, 0.717) is 5.92 Å². The number of hydrogen-bond acceptors (Lipinski definition) is 4. The van der Waals surface area contributed by atoms with Crippen LogP contribution in [0.1, 0.15) is 30.0 Å². The zero-order chi connectivity index (χ0) is 11.0. The van der Waals surface area contributed by atoms with E-state index in [0.717, 1.165) is 42.6 Å². The van der Waals surface area contributed by atoms with Crippen LogP contribution in [0.3, 0.4) is 0 Å². The molecule has 0 aliphatic carbocycles. The van der Waals surface area contributed by atoms with Crippen LogP contribution < -0.4 is 5.32 Å². The summed E-state index contributed by atoms with van der Waals surface area (Å²) in [5.41, 5.74) is 3.08. The van der Waals surface area contributed by atoms with Crippen molar-refractivity contribution in [2.75, 3.05) is 13.1 Å². The molecule has 2 aromatic rings. The topological polar surface area (TPSA) is 51.0 Å². The highest BCUT2D eigenvalue weighted by Gasteiger charge is 2.20. The minimum absolute atomic E-state index is 0.560. The standard InChI is InChI=1S/C12H15N3O/c1-8-10-6-14-7-11(12(10)16-15-8)9-2-4-13-5-3-9/h6-7,9,13H,2-5H2,1H3. The molecule has 0 saturated carbocycles. The second-order valence-corrected chi connectivity index (χ2v) is 4.40. The van der Waals surface area contributed by atoms with E-state index in [1.165, 1.54) is 5.56 Å². The van der Waals surface area contributed by atoms with Gasteiger partial charge in [0.05, 0.1) is 11.1 Å². The summed E-state index contributed by atoms with van der Waals surface area (Å²) in [6.45, 7) is 4.11. The minimum atomic E-state index is 0.560. The molecule has 0 unspecified atom stereocenters. The maximum absolute atomic E-state index is 5.42. The summed E-state index contributed by atoms with van der Waals surface area (Å²) >= 11 is 0. The number of rotatable bonds is 1. The summed E-state index contributed by atoms with van der Waals surface area (Å²) in [6.07, 6.45) is 6.08. The van der Waals surface area contributed by atoms with Crippen molar-refractivity contribution < 1.29 is 4.52 Å². The fourth-order valence-corrected chi connectivity index (χ4v) is 2.41. The van der Waals surface area contributed by atoms with Crippen LogP contribution in [0.5, 0.6) is 0 Å². The molecule has 0 spiro atoms. The Hall–Kier alpha value is -1.42. The number of nitrogens with zero attached hydrogens (tertiary/aromatic N) is 2. The Kier molecular flexibility index (Phi) is 2.36. The van der Waals surface area contributed by atoms with Crippen LogP contribution in [0.2, 0.25) is 0 Å². The lowest BCUT2D eigenvalue weighted by Crippen LogP contribution is -2.26. The maximum atomic E-state index is 5.42. The van der Waals surface area contributed by atoms with Gasteiger partial charge in [-0.3, -0.25) is 4.98 Å². The lowest BCUT2D eigenvalue weighted by atomic mass is 9.90. The van der Waals surface area contributed by atoms with Gasteiger partial charge in [0.15, 0.2) is 5.58 Å². The van der Waals surface area contributed by atoms with Crippen LogP contribution in [-0.2, 0) is 0 Å². The van der Waals surface area contributed by atoms with E-state index in [9.17, 15) is 0 Å². The number of fused-ring (bicyclic) bond motifs is 1. The van der Waals surface area contributed by atoms with Gasteiger partial charge in [0.2, 0.25) is 0 Å². The molecule has 1 aliphatic heterocycles. The first-order valence-electron chi connectivity index (χ1n) is 5.77. The number of aryl methyl sites for hydroxylation is 1. The van der Waals surface area contributed by atoms with Gasteiger partial charge in [-0.25, -0.2) is 0 Å². The zero-order valence-corrected chi connectivity index (χ0v) is 9.36. The highest BCUT2D eigenvalue weighted by Crippen LogP contribution is 2.31. The van der Waals surface area contributed by atoms with Crippen LogP contribution in [-0.4, -0.2) is 23.2 Å². The molecule has 1 saturated heterocycles. The molecule has 4 nitrogen and oxygen atoms in total. The van der Waals surface area contributed by atoms with Gasteiger partial charge in [0, 0.05) is 18.0 Å². The van der Waals surface area contributed by atoms with Crippen molar-refractivity contribution in [1.29, 1.82) is 0 Å². The van der Waals surface area contributed by atoms with E-state index in [1.54, 1.807) is 0 Å². The Morgan fingerprint density at radius 1 is 1.31 bits per heavy atom. The van der Waals surface area contributed by atoms with Gasteiger partial charge in [-0.2, -0.15) is 0 Å². The van der Waals surface area contributed by atoms with Crippen LogP contribution >= 0.6 is 0 Å². The van der Waals surface area contributed by atoms with E-state index in [-0.39, 0.29) is 0 Å². The number of nitrogens with one attached hydrogen (secondary N) is 1. The van der Waals surface area contributed by atoms with Gasteiger partial charge < -0.3 is 9.84 Å². The van der Waals surface area contributed by atoms with E-state index in [2.05, 4.69) is 15.5 Å². The minimum Gasteiger partial charge on any atom is -0.356 e. The Bertz CT molecular complexity index is 500. The smallest absolute Gasteiger partial charge is 0.173 e. The van der Waals surface area contributed by atoms with Crippen molar-refractivity contribution >= 4 is 11.0 Å². The molecule has 2 aromatic heterocycles. The third kappa shape index (κ3) is 1.50. The molecule has 0 aromatic carbocycles. The predicted molar refractivity (Wildman–Crippen MR) is 61.4 cm³/mol. The first-order chi connectivity index (χ1) is 7.86. The van der Waals surface area contributed by atoms with Crippen molar-refractivity contribution in [3.8, 4) is 0 Å². The predicted octanol–water partition coefficient (Wildman–Crippen LogP) is 2.00. The van der Waals surface area contributed by atoms with Crippen molar-refractivity contribution in [3.63, 3.8) is 0 Å². The fraction of sp³-hybridized carbons (Fsp3) is 0.500. The lowest BCUT2D eigenvalue weighted by Gasteiger charge is -2.22. The van der Waals surface area contributed by atoms with Crippen molar-refractivity contribution in [1.82, 2.24) is 15.5 Å². The molecule has 3 heterocycles. The van der Waals surface area contributed by atoms with Gasteiger partial charge in [0.1, 0.15) is 0 Å². The molecule has 1 aliphatic rings. The monoisotopic (exact) mass is 217 g/mol. The number of hydrogen-bond donors (Lipinski definition) is 1. The van der Waals surface area contributed by atoms with E-state index in [1.807, 2.05) is 19.3 Å². The zero-order valence-electron chi connectivity index (χ0n) is 9.36. The molecule has 3 rings (SSSR count). The molecule has 84 valence electrons. The number of pyridine rings is 1. The van der Waals surface area contributed by atoms with Crippen molar-refractivity contribution in [2.24, 2.45) is 0 Å². The highest BCUT2D eigenvalue weighted by molar-refractivity contribution is 5.81. The molecule has 0 amide bonds. The average molecular weight is 217 g/mol. The molecule has 4 heteroatoms. The Morgan fingerprint density at radius 2 is 2.12 bits per heavy atom. The summed E-state index contributed by atoms with van der Waals surface area (Å²) in [4.78, 5) is 4.30. The second kappa shape index (κ2) is 3.87. The molecule has 0 atom stereocenters. The Balaban J connectivity index is 2.08. The van der Waals surface area contributed by atoms with E-state index >= 15 is 0 Å². The molecular formula is C12H15N3O. The number of aromatic nitrogens is 2. The molecule has 1 N–H and O–H groups in total. The Morgan fingerprint density at radius 3 is 2.94 bits per heavy atom. The van der Waals surface area contributed by atoms with Crippen LogP contribution in [0, 0.1) is 6.92 Å². The first-order valence-corrected chi connectivity index (χ1v) is 5.77. The molecule has 1 fully saturated rings. The molecule has 16 heavy (non-hydrogen) atoms. The van der Waals surface area contributed by atoms with Crippen molar-refractivity contribution in [3.05, 3.63) is 23.7 Å². The van der Waals surface area contributed by atoms with Gasteiger partial charge in [-0.15, -0.1) is 0 Å². The van der Waals surface area contributed by atoms with Crippen molar-refractivity contribution in [2.45, 2.75) is 25.7 Å². The van der Waals surface area contributed by atoms with E-state index < -0.39 is 0 Å². The van der Waals surface area contributed by atoms with Gasteiger partial charge in [0.25, 0.3) is 0 Å². The second-order valence-electron chi connectivity index (χ2n) is 4.40. The van der Waals surface area contributed by atoms with Gasteiger partial charge in [-0.1, -0.05) is 5.16 Å². The highest BCUT2D eigenvalue weighted by atomic mass is 16.5. The summed E-state index contributed by atoms with van der Waals surface area (Å²) in [7, 11) is 0. The molecule has 0 bridgehead atoms. The summed E-state index contributed by atoms with van der Waals surface area (Å²) in [6, 6.07) is 0. The normalized spacial score (nSPS) is 18.1. The summed E-state index contributed by atoms with van der Waals surface area (Å²) < 4.78 is 5.42. The molecule has 0 radical (unpaired) electrons. The third-order valence-electron chi connectivity index (χ3n) is 3.37. The van der Waals surface area contributed by atoms with Crippen LogP contribution in [0.25, 0.3) is 11.0 Å². The lowest BCUT2D eigenvalue weighted by molar-refractivity contribution is 0.429. The van der Waals surface area contributed by atoms with E-state index in [4.69, 9.17) is 4.52 Å². The van der Waals surface area contributed by atoms with Gasteiger partial charge in [-0.05, 0) is 38.8 Å². The number of piperidine rings is 1. The maximum Gasteiger partial charge on any atom is 0.173 e.